The average Bonchev–Trinajstić information content (AvgIpc) is 2.79. The molecule has 0 aromatic heterocycles. The summed E-state index contributed by atoms with van der Waals surface area (Å²) in [6.45, 7) is 5.80. The van der Waals surface area contributed by atoms with Gasteiger partial charge < -0.3 is 15.1 Å². The van der Waals surface area contributed by atoms with Crippen molar-refractivity contribution in [2.75, 3.05) is 40.3 Å². The van der Waals surface area contributed by atoms with Gasteiger partial charge in [-0.3, -0.25) is 9.79 Å². The summed E-state index contributed by atoms with van der Waals surface area (Å²) in [6, 6.07) is 0. The van der Waals surface area contributed by atoms with E-state index in [0.29, 0.717) is 18.4 Å². The normalized spacial score (nSPS) is 21.5. The van der Waals surface area contributed by atoms with Crippen LogP contribution in [0.1, 0.15) is 64.7 Å². The highest BCUT2D eigenvalue weighted by Gasteiger charge is 2.36. The van der Waals surface area contributed by atoms with Crippen LogP contribution in [0, 0.1) is 5.41 Å². The van der Waals surface area contributed by atoms with Gasteiger partial charge in [0.2, 0.25) is 5.91 Å². The molecule has 0 atom stereocenters. The van der Waals surface area contributed by atoms with Gasteiger partial charge in [-0.15, -0.1) is 0 Å². The maximum atomic E-state index is 11.8. The van der Waals surface area contributed by atoms with Crippen molar-refractivity contribution in [1.29, 1.82) is 0 Å². The van der Waals surface area contributed by atoms with E-state index in [0.717, 1.165) is 25.6 Å². The van der Waals surface area contributed by atoms with Crippen LogP contribution in [0.25, 0.3) is 0 Å². The highest BCUT2D eigenvalue weighted by atomic mass is 16.2. The third-order valence-electron chi connectivity index (χ3n) is 5.55. The summed E-state index contributed by atoms with van der Waals surface area (Å²) in [6.07, 6.45) is 11.5. The molecule has 5 nitrogen and oxygen atoms in total. The smallest absolute Gasteiger partial charge is 0.223 e. The molecule has 1 saturated heterocycles. The molecule has 2 fully saturated rings. The number of aliphatic imine (C=N–C) groups is 1. The average molecular weight is 337 g/mol. The summed E-state index contributed by atoms with van der Waals surface area (Å²) in [5, 5.41) is 3.44. The maximum absolute atomic E-state index is 11.8. The fourth-order valence-corrected chi connectivity index (χ4v) is 4.18. The molecule has 2 aliphatic rings. The lowest BCUT2D eigenvalue weighted by Gasteiger charge is -2.44. The van der Waals surface area contributed by atoms with E-state index in [2.05, 4.69) is 17.1 Å². The summed E-state index contributed by atoms with van der Waals surface area (Å²) in [7, 11) is 3.61. The Morgan fingerprint density at radius 1 is 1.12 bits per heavy atom. The van der Waals surface area contributed by atoms with E-state index in [4.69, 9.17) is 4.99 Å². The summed E-state index contributed by atoms with van der Waals surface area (Å²) >= 11 is 0. The maximum Gasteiger partial charge on any atom is 0.223 e. The summed E-state index contributed by atoms with van der Waals surface area (Å²) in [5.41, 5.74) is 0.504. The molecule has 1 saturated carbocycles. The van der Waals surface area contributed by atoms with Gasteiger partial charge in [-0.25, -0.2) is 0 Å². The lowest BCUT2D eigenvalue weighted by molar-refractivity contribution is -0.128. The molecule has 5 heteroatoms. The fraction of sp³-hybridized carbons (Fsp3) is 0.895. The van der Waals surface area contributed by atoms with E-state index < -0.39 is 0 Å². The monoisotopic (exact) mass is 336 g/mol. The van der Waals surface area contributed by atoms with Gasteiger partial charge >= 0.3 is 0 Å². The molecule has 0 bridgehead atoms. The number of nitrogens with one attached hydrogen (secondary N) is 1. The number of rotatable bonds is 4. The first-order chi connectivity index (χ1) is 11.6. The molecule has 1 aliphatic carbocycles. The second kappa shape index (κ2) is 9.28. The van der Waals surface area contributed by atoms with Crippen LogP contribution in [0.15, 0.2) is 4.99 Å². The molecule has 0 radical (unpaired) electrons. The molecule has 138 valence electrons. The topological polar surface area (TPSA) is 47.9 Å². The van der Waals surface area contributed by atoms with Crippen LogP contribution in [0.2, 0.25) is 0 Å². The molecule has 1 spiro atoms. The summed E-state index contributed by atoms with van der Waals surface area (Å²) in [5.74, 6) is 1.15. The van der Waals surface area contributed by atoms with Crippen molar-refractivity contribution in [1.82, 2.24) is 15.1 Å². The van der Waals surface area contributed by atoms with E-state index in [1.54, 1.807) is 19.0 Å². The Bertz CT molecular complexity index is 425. The largest absolute Gasteiger partial charge is 0.357 e. The molecule has 2 rings (SSSR count). The van der Waals surface area contributed by atoms with E-state index >= 15 is 0 Å². The molecule has 0 unspecified atom stereocenters. The number of carbonyl (C=O) groups is 1. The van der Waals surface area contributed by atoms with Gasteiger partial charge in [0, 0.05) is 40.2 Å². The quantitative estimate of drug-likeness (QED) is 0.634. The van der Waals surface area contributed by atoms with Gasteiger partial charge in [0.25, 0.3) is 0 Å². The van der Waals surface area contributed by atoms with Crippen molar-refractivity contribution in [3.8, 4) is 0 Å². The number of likely N-dealkylation sites (tertiary alicyclic amines) is 1. The number of piperidine rings is 1. The number of hydrogen-bond donors (Lipinski definition) is 1. The zero-order valence-electron chi connectivity index (χ0n) is 15.9. The van der Waals surface area contributed by atoms with Crippen molar-refractivity contribution in [3.63, 3.8) is 0 Å². The van der Waals surface area contributed by atoms with Gasteiger partial charge in [-0.05, 0) is 38.0 Å². The fourth-order valence-electron chi connectivity index (χ4n) is 4.18. The Morgan fingerprint density at radius 2 is 1.79 bits per heavy atom. The molecule has 1 heterocycles. The predicted molar refractivity (Wildman–Crippen MR) is 100 cm³/mol. The summed E-state index contributed by atoms with van der Waals surface area (Å²) < 4.78 is 0. The van der Waals surface area contributed by atoms with Gasteiger partial charge in [0.05, 0.1) is 6.54 Å². The Balaban J connectivity index is 1.99. The van der Waals surface area contributed by atoms with E-state index in [-0.39, 0.29) is 5.91 Å². The van der Waals surface area contributed by atoms with Crippen LogP contribution >= 0.6 is 0 Å². The Kier molecular flexibility index (Phi) is 7.38. The molecular formula is C19H36N4O. The Hall–Kier alpha value is -1.26. The third-order valence-corrected chi connectivity index (χ3v) is 5.55. The minimum atomic E-state index is 0.147. The number of carbonyl (C=O) groups excluding carboxylic acids is 1. The molecule has 1 amide bonds. The van der Waals surface area contributed by atoms with Crippen molar-refractivity contribution >= 4 is 11.9 Å². The second-order valence-electron chi connectivity index (χ2n) is 7.71. The number of nitrogens with zero attached hydrogens (tertiary/aromatic N) is 3. The number of hydrogen-bond acceptors (Lipinski definition) is 2. The summed E-state index contributed by atoms with van der Waals surface area (Å²) in [4.78, 5) is 20.6. The van der Waals surface area contributed by atoms with Crippen LogP contribution in [0.4, 0.5) is 0 Å². The molecule has 1 N–H and O–H groups in total. The standard InChI is InChI=1S/C19H36N4O/c1-4-20-18(21-14-10-17(24)22(2)3)23-15-9-13-19(16-23)11-7-5-6-8-12-19/h4-16H2,1-3H3,(H,20,21). The van der Waals surface area contributed by atoms with Crippen molar-refractivity contribution in [2.24, 2.45) is 10.4 Å². The van der Waals surface area contributed by atoms with Gasteiger partial charge in [0.1, 0.15) is 0 Å². The van der Waals surface area contributed by atoms with Crippen molar-refractivity contribution in [3.05, 3.63) is 0 Å². The zero-order valence-corrected chi connectivity index (χ0v) is 15.9. The van der Waals surface area contributed by atoms with Crippen molar-refractivity contribution in [2.45, 2.75) is 64.7 Å². The van der Waals surface area contributed by atoms with Gasteiger partial charge in [-0.1, -0.05) is 25.7 Å². The SMILES string of the molecule is CCNC(=NCCC(=O)N(C)C)N1CCCC2(CCCCCC2)C1. The first-order valence-electron chi connectivity index (χ1n) is 9.80. The lowest BCUT2D eigenvalue weighted by atomic mass is 9.74. The zero-order chi connectivity index (χ0) is 17.4. The Morgan fingerprint density at radius 3 is 2.42 bits per heavy atom. The first-order valence-corrected chi connectivity index (χ1v) is 9.80. The third kappa shape index (κ3) is 5.38. The van der Waals surface area contributed by atoms with Crippen LogP contribution in [0.5, 0.6) is 0 Å². The van der Waals surface area contributed by atoms with Gasteiger partial charge in [-0.2, -0.15) is 0 Å². The van der Waals surface area contributed by atoms with Crippen molar-refractivity contribution < 1.29 is 4.79 Å². The van der Waals surface area contributed by atoms with Gasteiger partial charge in [0.15, 0.2) is 5.96 Å². The highest BCUT2D eigenvalue weighted by molar-refractivity contribution is 5.81. The van der Waals surface area contributed by atoms with E-state index in [9.17, 15) is 4.79 Å². The van der Waals surface area contributed by atoms with E-state index in [1.165, 1.54) is 51.4 Å². The molecule has 24 heavy (non-hydrogen) atoms. The lowest BCUT2D eigenvalue weighted by Crippen LogP contribution is -2.50. The van der Waals surface area contributed by atoms with Crippen LogP contribution in [-0.4, -0.2) is 61.9 Å². The van der Waals surface area contributed by atoms with Crippen LogP contribution in [0.3, 0.4) is 0 Å². The van der Waals surface area contributed by atoms with Crippen LogP contribution < -0.4 is 5.32 Å². The predicted octanol–water partition coefficient (Wildman–Crippen LogP) is 2.87. The number of amides is 1. The highest BCUT2D eigenvalue weighted by Crippen LogP contribution is 2.42. The molecule has 1 aliphatic heterocycles. The first kappa shape index (κ1) is 19.1. The Labute approximate surface area is 147 Å². The number of guanidine groups is 1. The molecule has 0 aromatic carbocycles. The molecular weight excluding hydrogens is 300 g/mol. The second-order valence-corrected chi connectivity index (χ2v) is 7.71. The van der Waals surface area contributed by atoms with E-state index in [1.807, 2.05) is 0 Å². The minimum Gasteiger partial charge on any atom is -0.357 e. The minimum absolute atomic E-state index is 0.147. The molecule has 0 aromatic rings. The van der Waals surface area contributed by atoms with Crippen LogP contribution in [-0.2, 0) is 4.79 Å².